The summed E-state index contributed by atoms with van der Waals surface area (Å²) in [7, 11) is 0. The van der Waals surface area contributed by atoms with Gasteiger partial charge in [-0.15, -0.1) is 0 Å². The molecule has 0 aromatic heterocycles. The summed E-state index contributed by atoms with van der Waals surface area (Å²) >= 11 is 0. The van der Waals surface area contributed by atoms with Gasteiger partial charge < -0.3 is 0 Å². The molecule has 0 atom stereocenters. The van der Waals surface area contributed by atoms with E-state index in [9.17, 15) is 13.2 Å². The smallest absolute Gasteiger partial charge is 0.248 e. The molecule has 0 saturated carbocycles. The quantitative estimate of drug-likeness (QED) is 0.561. The first kappa shape index (κ1) is 8.79. The van der Waals surface area contributed by atoms with Gasteiger partial charge >= 0.3 is 0 Å². The molecule has 0 aliphatic heterocycles. The maximum Gasteiger partial charge on any atom is 0.248 e. The van der Waals surface area contributed by atoms with Crippen LogP contribution in [-0.4, -0.2) is 12.6 Å². The normalized spacial score (nSPS) is 12.0. The maximum absolute atomic E-state index is 12.1. The molecule has 0 aliphatic rings. The summed E-state index contributed by atoms with van der Waals surface area (Å²) in [4.78, 5) is 0. The second-order valence-electron chi connectivity index (χ2n) is 1.90. The summed E-state index contributed by atoms with van der Waals surface area (Å²) < 4.78 is 35.5. The molecule has 0 bridgehead atoms. The molecule has 9 heavy (non-hydrogen) atoms. The van der Waals surface area contributed by atoms with Crippen LogP contribution < -0.4 is 0 Å². The van der Waals surface area contributed by atoms with Gasteiger partial charge in [0.25, 0.3) is 0 Å². The molecule has 0 N–H and O–H groups in total. The van der Waals surface area contributed by atoms with Gasteiger partial charge in [-0.3, -0.25) is 4.39 Å². The molecule has 0 rings (SSSR count). The van der Waals surface area contributed by atoms with Crippen molar-refractivity contribution in [1.29, 1.82) is 0 Å². The van der Waals surface area contributed by atoms with Crippen molar-refractivity contribution in [2.24, 2.45) is 0 Å². The largest absolute Gasteiger partial charge is 0.251 e. The molecule has 0 spiro atoms. The molecule has 0 aromatic rings. The van der Waals surface area contributed by atoms with Crippen molar-refractivity contribution < 1.29 is 13.2 Å². The van der Waals surface area contributed by atoms with Crippen LogP contribution in [0, 0.1) is 6.92 Å². The second-order valence-corrected chi connectivity index (χ2v) is 1.90. The Labute approximate surface area is 53.1 Å². The Morgan fingerprint density at radius 3 is 2.22 bits per heavy atom. The van der Waals surface area contributed by atoms with Crippen LogP contribution >= 0.6 is 0 Å². The molecule has 0 nitrogen and oxygen atoms in total. The molecule has 0 unspecified atom stereocenters. The van der Waals surface area contributed by atoms with Gasteiger partial charge in [-0.05, 0) is 13.3 Å². The fourth-order valence-electron chi connectivity index (χ4n) is 0.450. The highest BCUT2D eigenvalue weighted by atomic mass is 19.3. The third-order valence-electron chi connectivity index (χ3n) is 1.04. The summed E-state index contributed by atoms with van der Waals surface area (Å²) in [6.45, 7) is 2.37. The van der Waals surface area contributed by atoms with Crippen molar-refractivity contribution in [2.45, 2.75) is 25.2 Å². The van der Waals surface area contributed by atoms with Gasteiger partial charge in [0, 0.05) is 12.8 Å². The highest BCUT2D eigenvalue weighted by Crippen LogP contribution is 2.23. The zero-order valence-electron chi connectivity index (χ0n) is 5.17. The third kappa shape index (κ3) is 4.30. The zero-order chi connectivity index (χ0) is 7.33. The Balaban J connectivity index is 3.33. The number of alkyl halides is 3. The van der Waals surface area contributed by atoms with E-state index in [2.05, 4.69) is 6.92 Å². The molecule has 0 saturated heterocycles. The number of hydrogen-bond donors (Lipinski definition) is 0. The topological polar surface area (TPSA) is 0 Å². The van der Waals surface area contributed by atoms with Crippen molar-refractivity contribution in [2.75, 3.05) is 6.67 Å². The summed E-state index contributed by atoms with van der Waals surface area (Å²) in [6.07, 6.45) is -0.886. The van der Waals surface area contributed by atoms with Gasteiger partial charge in [0.2, 0.25) is 5.92 Å². The van der Waals surface area contributed by atoms with E-state index in [-0.39, 0.29) is 12.8 Å². The van der Waals surface area contributed by atoms with Gasteiger partial charge in [0.15, 0.2) is 0 Å². The Morgan fingerprint density at radius 2 is 1.89 bits per heavy atom. The van der Waals surface area contributed by atoms with Crippen LogP contribution in [0.3, 0.4) is 0 Å². The van der Waals surface area contributed by atoms with Crippen LogP contribution in [0.1, 0.15) is 19.3 Å². The molecule has 0 amide bonds. The standard InChI is InChI=1S/C6H10F3/c1-2-6(8,9)4-3-5-7/h1-5H2. The highest BCUT2D eigenvalue weighted by Gasteiger charge is 2.24. The number of hydrogen-bond acceptors (Lipinski definition) is 0. The Morgan fingerprint density at radius 1 is 1.33 bits per heavy atom. The first-order valence-electron chi connectivity index (χ1n) is 2.85. The average molecular weight is 139 g/mol. The van der Waals surface area contributed by atoms with Crippen LogP contribution in [0.5, 0.6) is 0 Å². The highest BCUT2D eigenvalue weighted by molar-refractivity contribution is 4.66. The molecule has 1 radical (unpaired) electrons. The monoisotopic (exact) mass is 139 g/mol. The minimum atomic E-state index is -2.76. The zero-order valence-corrected chi connectivity index (χ0v) is 5.17. The maximum atomic E-state index is 12.1. The van der Waals surface area contributed by atoms with Crippen LogP contribution in [0.2, 0.25) is 0 Å². The molecular weight excluding hydrogens is 129 g/mol. The van der Waals surface area contributed by atoms with Crippen molar-refractivity contribution in [3.05, 3.63) is 6.92 Å². The summed E-state index contributed by atoms with van der Waals surface area (Å²) in [5.74, 6) is -2.76. The van der Waals surface area contributed by atoms with Crippen molar-refractivity contribution in [3.63, 3.8) is 0 Å². The van der Waals surface area contributed by atoms with E-state index in [1.807, 2.05) is 0 Å². The average Bonchev–Trinajstić information content (AvgIpc) is 1.84. The number of rotatable bonds is 4. The van der Waals surface area contributed by atoms with E-state index < -0.39 is 19.0 Å². The molecule has 0 aliphatic carbocycles. The summed E-state index contributed by atoms with van der Waals surface area (Å²) in [6, 6.07) is 0. The van der Waals surface area contributed by atoms with E-state index >= 15 is 0 Å². The molecule has 0 heterocycles. The molecular formula is C6H10F3. The molecule has 3 heteroatoms. The third-order valence-corrected chi connectivity index (χ3v) is 1.04. The Hall–Kier alpha value is -0.210. The summed E-state index contributed by atoms with van der Waals surface area (Å²) in [5, 5.41) is 0. The van der Waals surface area contributed by atoms with Crippen LogP contribution in [-0.2, 0) is 0 Å². The van der Waals surface area contributed by atoms with E-state index in [0.717, 1.165) is 0 Å². The van der Waals surface area contributed by atoms with Crippen molar-refractivity contribution in [1.82, 2.24) is 0 Å². The predicted octanol–water partition coefficient (Wildman–Crippen LogP) is 2.60. The fraction of sp³-hybridized carbons (Fsp3) is 0.833. The lowest BCUT2D eigenvalue weighted by molar-refractivity contribution is -0.00836. The molecule has 0 aromatic carbocycles. The number of halogens is 3. The first-order chi connectivity index (χ1) is 4.12. The van der Waals surface area contributed by atoms with E-state index in [1.54, 1.807) is 0 Å². The van der Waals surface area contributed by atoms with Crippen molar-refractivity contribution in [3.8, 4) is 0 Å². The Bertz CT molecular complexity index is 70.7. The van der Waals surface area contributed by atoms with Gasteiger partial charge in [-0.2, -0.15) is 0 Å². The summed E-state index contributed by atoms with van der Waals surface area (Å²) in [5.41, 5.74) is 0. The molecule has 55 valence electrons. The van der Waals surface area contributed by atoms with Crippen molar-refractivity contribution >= 4 is 0 Å². The second kappa shape index (κ2) is 3.75. The minimum Gasteiger partial charge on any atom is -0.251 e. The Kier molecular flexibility index (Phi) is 3.66. The van der Waals surface area contributed by atoms with E-state index in [1.165, 1.54) is 0 Å². The van der Waals surface area contributed by atoms with E-state index in [0.29, 0.717) is 0 Å². The fourth-order valence-corrected chi connectivity index (χ4v) is 0.450. The lowest BCUT2D eigenvalue weighted by Gasteiger charge is -2.11. The van der Waals surface area contributed by atoms with Crippen LogP contribution in [0.4, 0.5) is 13.2 Å². The minimum absolute atomic E-state index is 0.0669. The van der Waals surface area contributed by atoms with Gasteiger partial charge in [0.1, 0.15) is 0 Å². The molecule has 0 fully saturated rings. The van der Waals surface area contributed by atoms with Gasteiger partial charge in [-0.1, -0.05) is 0 Å². The van der Waals surface area contributed by atoms with E-state index in [4.69, 9.17) is 0 Å². The first-order valence-corrected chi connectivity index (χ1v) is 2.85. The lowest BCUT2D eigenvalue weighted by atomic mass is 10.1. The van der Waals surface area contributed by atoms with Gasteiger partial charge in [-0.25, -0.2) is 8.78 Å². The van der Waals surface area contributed by atoms with Crippen LogP contribution in [0.25, 0.3) is 0 Å². The SMILES string of the molecule is [CH2]CC(F)(F)CCCF. The van der Waals surface area contributed by atoms with Gasteiger partial charge in [0.05, 0.1) is 6.67 Å². The van der Waals surface area contributed by atoms with Crippen LogP contribution in [0.15, 0.2) is 0 Å². The predicted molar refractivity (Wildman–Crippen MR) is 30.1 cm³/mol. The lowest BCUT2D eigenvalue weighted by Crippen LogP contribution is -2.13.